The minimum Gasteiger partial charge on any atom is -0.383 e. The Kier molecular flexibility index (Phi) is 9.99. The molecule has 0 aromatic heterocycles. The van der Waals surface area contributed by atoms with Crippen LogP contribution in [-0.2, 0) is 11.2 Å². The molecule has 1 atom stereocenters. The fraction of sp³-hybridized carbons (Fsp3) is 0.462. The molecule has 0 aliphatic rings. The standard InChI is InChI=1S/C13H20ClN3O.HI/c1-10(9-18-2)17-13(15)16-7-6-11-4-3-5-12(14)8-11;/h3-5,8,10H,6-7,9H2,1-2H3,(H3,15,16,17);1H. The lowest BCUT2D eigenvalue weighted by Gasteiger charge is -2.12. The van der Waals surface area contributed by atoms with E-state index in [9.17, 15) is 0 Å². The average molecular weight is 398 g/mol. The van der Waals surface area contributed by atoms with Gasteiger partial charge in [-0.3, -0.25) is 4.99 Å². The van der Waals surface area contributed by atoms with Gasteiger partial charge in [0, 0.05) is 24.7 Å². The minimum atomic E-state index is 0. The molecule has 0 aliphatic carbocycles. The van der Waals surface area contributed by atoms with Crippen molar-refractivity contribution in [3.63, 3.8) is 0 Å². The maximum Gasteiger partial charge on any atom is 0.188 e. The molecular formula is C13H21ClIN3O. The van der Waals surface area contributed by atoms with E-state index in [0.717, 1.165) is 17.0 Å². The van der Waals surface area contributed by atoms with Crippen LogP contribution in [0, 0.1) is 0 Å². The molecule has 3 N–H and O–H groups in total. The van der Waals surface area contributed by atoms with Crippen molar-refractivity contribution in [2.45, 2.75) is 19.4 Å². The van der Waals surface area contributed by atoms with Gasteiger partial charge in [-0.25, -0.2) is 0 Å². The second-order valence-corrected chi connectivity index (χ2v) is 4.58. The number of benzene rings is 1. The van der Waals surface area contributed by atoms with Crippen molar-refractivity contribution in [2.24, 2.45) is 10.7 Å². The van der Waals surface area contributed by atoms with Gasteiger partial charge in [0.2, 0.25) is 0 Å². The zero-order valence-electron chi connectivity index (χ0n) is 11.2. The van der Waals surface area contributed by atoms with Crippen molar-refractivity contribution in [1.29, 1.82) is 0 Å². The minimum absolute atomic E-state index is 0. The normalized spacial score (nSPS) is 12.7. The molecule has 19 heavy (non-hydrogen) atoms. The summed E-state index contributed by atoms with van der Waals surface area (Å²) in [6.07, 6.45) is 0.821. The van der Waals surface area contributed by atoms with Crippen LogP contribution in [0.3, 0.4) is 0 Å². The van der Waals surface area contributed by atoms with Crippen molar-refractivity contribution in [2.75, 3.05) is 20.3 Å². The highest BCUT2D eigenvalue weighted by Gasteiger charge is 2.01. The molecular weight excluding hydrogens is 377 g/mol. The van der Waals surface area contributed by atoms with E-state index in [4.69, 9.17) is 22.1 Å². The highest BCUT2D eigenvalue weighted by atomic mass is 127. The van der Waals surface area contributed by atoms with Crippen molar-refractivity contribution in [3.05, 3.63) is 34.9 Å². The summed E-state index contributed by atoms with van der Waals surface area (Å²) in [4.78, 5) is 4.26. The van der Waals surface area contributed by atoms with Crippen LogP contribution in [0.25, 0.3) is 0 Å². The van der Waals surface area contributed by atoms with E-state index in [1.54, 1.807) is 7.11 Å². The van der Waals surface area contributed by atoms with E-state index in [1.165, 1.54) is 0 Å². The van der Waals surface area contributed by atoms with Gasteiger partial charge < -0.3 is 15.8 Å². The van der Waals surface area contributed by atoms with E-state index in [0.29, 0.717) is 19.1 Å². The first-order valence-electron chi connectivity index (χ1n) is 5.91. The fourth-order valence-corrected chi connectivity index (χ4v) is 1.80. The summed E-state index contributed by atoms with van der Waals surface area (Å²) in [6.45, 7) is 3.23. The third-order valence-electron chi connectivity index (χ3n) is 2.38. The zero-order chi connectivity index (χ0) is 13.4. The number of nitrogens with two attached hydrogens (primary N) is 1. The third-order valence-corrected chi connectivity index (χ3v) is 2.62. The van der Waals surface area contributed by atoms with Gasteiger partial charge in [-0.1, -0.05) is 23.7 Å². The Morgan fingerprint density at radius 1 is 1.53 bits per heavy atom. The van der Waals surface area contributed by atoms with Gasteiger partial charge in [0.25, 0.3) is 0 Å². The first-order valence-corrected chi connectivity index (χ1v) is 6.29. The second-order valence-electron chi connectivity index (χ2n) is 4.15. The molecule has 1 aromatic carbocycles. The summed E-state index contributed by atoms with van der Waals surface area (Å²) in [5.41, 5.74) is 6.91. The van der Waals surface area contributed by atoms with Gasteiger partial charge in [0.05, 0.1) is 6.61 Å². The molecule has 1 aromatic rings. The summed E-state index contributed by atoms with van der Waals surface area (Å²) in [5.74, 6) is 0.446. The summed E-state index contributed by atoms with van der Waals surface area (Å²) in [7, 11) is 1.66. The predicted molar refractivity (Wildman–Crippen MR) is 91.5 cm³/mol. The van der Waals surface area contributed by atoms with E-state index in [2.05, 4.69) is 10.3 Å². The monoisotopic (exact) mass is 397 g/mol. The summed E-state index contributed by atoms with van der Waals surface area (Å²) >= 11 is 5.90. The van der Waals surface area contributed by atoms with Crippen molar-refractivity contribution in [1.82, 2.24) is 5.32 Å². The van der Waals surface area contributed by atoms with Crippen LogP contribution in [0.4, 0.5) is 0 Å². The number of methoxy groups -OCH3 is 1. The Bertz CT molecular complexity index is 401. The number of halogens is 2. The van der Waals surface area contributed by atoms with Gasteiger partial charge in [-0.2, -0.15) is 0 Å². The van der Waals surface area contributed by atoms with Gasteiger partial charge in [-0.15, -0.1) is 24.0 Å². The highest BCUT2D eigenvalue weighted by molar-refractivity contribution is 14.0. The molecule has 0 aliphatic heterocycles. The topological polar surface area (TPSA) is 59.6 Å². The van der Waals surface area contributed by atoms with Crippen LogP contribution in [0.5, 0.6) is 0 Å². The molecule has 0 amide bonds. The summed E-state index contributed by atoms with van der Waals surface area (Å²) in [5, 5.41) is 3.80. The lowest BCUT2D eigenvalue weighted by molar-refractivity contribution is 0.179. The van der Waals surface area contributed by atoms with E-state index < -0.39 is 0 Å². The van der Waals surface area contributed by atoms with Crippen LogP contribution < -0.4 is 11.1 Å². The fourth-order valence-electron chi connectivity index (χ4n) is 1.59. The van der Waals surface area contributed by atoms with Gasteiger partial charge >= 0.3 is 0 Å². The second kappa shape index (κ2) is 10.3. The quantitative estimate of drug-likeness (QED) is 0.440. The number of aliphatic imine (C=N–C) groups is 1. The number of rotatable bonds is 6. The largest absolute Gasteiger partial charge is 0.383 e. The van der Waals surface area contributed by atoms with Gasteiger partial charge in [0.15, 0.2) is 5.96 Å². The van der Waals surface area contributed by atoms with Gasteiger partial charge in [0.1, 0.15) is 0 Å². The first kappa shape index (κ1) is 18.5. The number of ether oxygens (including phenoxy) is 1. The molecule has 1 rings (SSSR count). The van der Waals surface area contributed by atoms with E-state index >= 15 is 0 Å². The lowest BCUT2D eigenvalue weighted by atomic mass is 10.1. The van der Waals surface area contributed by atoms with Crippen LogP contribution in [0.1, 0.15) is 12.5 Å². The number of nitrogens with zero attached hydrogens (tertiary/aromatic N) is 1. The molecule has 6 heteroatoms. The number of hydrogen-bond donors (Lipinski definition) is 2. The molecule has 1 unspecified atom stereocenters. The third kappa shape index (κ3) is 8.28. The van der Waals surface area contributed by atoms with Crippen molar-refractivity contribution >= 4 is 41.5 Å². The molecule has 0 bridgehead atoms. The predicted octanol–water partition coefficient (Wildman–Crippen LogP) is 2.44. The van der Waals surface area contributed by atoms with Crippen LogP contribution in [0.2, 0.25) is 5.02 Å². The molecule has 0 fully saturated rings. The molecule has 0 radical (unpaired) electrons. The van der Waals surface area contributed by atoms with Crippen molar-refractivity contribution < 1.29 is 4.74 Å². The molecule has 4 nitrogen and oxygen atoms in total. The first-order chi connectivity index (χ1) is 8.61. The summed E-state index contributed by atoms with van der Waals surface area (Å²) in [6, 6.07) is 7.91. The average Bonchev–Trinajstić information content (AvgIpc) is 2.29. The van der Waals surface area contributed by atoms with Crippen LogP contribution >= 0.6 is 35.6 Å². The molecule has 108 valence electrons. The molecule has 0 saturated carbocycles. The highest BCUT2D eigenvalue weighted by Crippen LogP contribution is 2.10. The van der Waals surface area contributed by atoms with Gasteiger partial charge in [-0.05, 0) is 31.0 Å². The number of hydrogen-bond acceptors (Lipinski definition) is 2. The van der Waals surface area contributed by atoms with E-state index in [1.807, 2.05) is 31.2 Å². The Morgan fingerprint density at radius 2 is 2.26 bits per heavy atom. The maximum atomic E-state index is 5.90. The number of nitrogens with one attached hydrogen (secondary N) is 1. The molecule has 0 saturated heterocycles. The maximum absolute atomic E-state index is 5.90. The van der Waals surface area contributed by atoms with Crippen molar-refractivity contribution in [3.8, 4) is 0 Å². The van der Waals surface area contributed by atoms with E-state index in [-0.39, 0.29) is 30.0 Å². The number of guanidine groups is 1. The summed E-state index contributed by atoms with van der Waals surface area (Å²) < 4.78 is 5.00. The Balaban J connectivity index is 0.00000324. The molecule has 0 heterocycles. The Labute approximate surface area is 136 Å². The SMILES string of the molecule is COCC(C)NC(N)=NCCc1cccc(Cl)c1.I. The van der Waals surface area contributed by atoms with Crippen LogP contribution in [-0.4, -0.2) is 32.3 Å². The lowest BCUT2D eigenvalue weighted by Crippen LogP contribution is -2.40. The Hall–Kier alpha value is -0.530. The molecule has 0 spiro atoms. The van der Waals surface area contributed by atoms with Crippen LogP contribution in [0.15, 0.2) is 29.3 Å². The smallest absolute Gasteiger partial charge is 0.188 e. The zero-order valence-corrected chi connectivity index (χ0v) is 14.3. The Morgan fingerprint density at radius 3 is 2.89 bits per heavy atom.